The zero-order valence-electron chi connectivity index (χ0n) is 12.7. The predicted molar refractivity (Wildman–Crippen MR) is 80.6 cm³/mol. The van der Waals surface area contributed by atoms with Crippen LogP contribution in [0.4, 0.5) is 0 Å². The second kappa shape index (κ2) is 7.79. The molecule has 2 fully saturated rings. The average Bonchev–Trinajstić information content (AvgIpc) is 2.93. The highest BCUT2D eigenvalue weighted by molar-refractivity contribution is 5.82. The highest BCUT2D eigenvalue weighted by Gasteiger charge is 2.34. The number of hydrogen-bond donors (Lipinski definition) is 0. The van der Waals surface area contributed by atoms with Crippen LogP contribution in [0.25, 0.3) is 0 Å². The number of carbonyl (C=O) groups is 1. The SMILES string of the molecule is C=CCN1CCCC1C(=O)N1CCC(CCOC)CC1. The number of rotatable bonds is 6. The monoisotopic (exact) mass is 280 g/mol. The zero-order chi connectivity index (χ0) is 14.4. The van der Waals surface area contributed by atoms with Crippen LogP contribution < -0.4 is 0 Å². The second-order valence-corrected chi connectivity index (χ2v) is 5.99. The molecular weight excluding hydrogens is 252 g/mol. The lowest BCUT2D eigenvalue weighted by Gasteiger charge is -2.35. The third-order valence-electron chi connectivity index (χ3n) is 4.67. The zero-order valence-corrected chi connectivity index (χ0v) is 12.7. The Morgan fingerprint density at radius 1 is 1.30 bits per heavy atom. The molecule has 1 amide bonds. The molecule has 0 N–H and O–H groups in total. The Hall–Kier alpha value is -0.870. The number of hydrogen-bond acceptors (Lipinski definition) is 3. The highest BCUT2D eigenvalue weighted by atomic mass is 16.5. The lowest BCUT2D eigenvalue weighted by atomic mass is 9.93. The van der Waals surface area contributed by atoms with Crippen molar-refractivity contribution in [1.82, 2.24) is 9.80 Å². The second-order valence-electron chi connectivity index (χ2n) is 5.99. The summed E-state index contributed by atoms with van der Waals surface area (Å²) in [5.74, 6) is 1.07. The number of carbonyl (C=O) groups excluding carboxylic acids is 1. The Bertz CT molecular complexity index is 324. The molecule has 4 nitrogen and oxygen atoms in total. The van der Waals surface area contributed by atoms with Crippen molar-refractivity contribution in [3.05, 3.63) is 12.7 Å². The van der Waals surface area contributed by atoms with Gasteiger partial charge in [-0.05, 0) is 44.6 Å². The minimum atomic E-state index is 0.100. The largest absolute Gasteiger partial charge is 0.385 e. The van der Waals surface area contributed by atoms with Crippen LogP contribution in [-0.2, 0) is 9.53 Å². The van der Waals surface area contributed by atoms with E-state index in [1.165, 1.54) is 0 Å². The first-order valence-corrected chi connectivity index (χ1v) is 7.89. The van der Waals surface area contributed by atoms with Gasteiger partial charge in [0.15, 0.2) is 0 Å². The summed E-state index contributed by atoms with van der Waals surface area (Å²) in [6, 6.07) is 0.100. The molecule has 0 spiro atoms. The Morgan fingerprint density at radius 3 is 2.70 bits per heavy atom. The van der Waals surface area contributed by atoms with Gasteiger partial charge in [0.2, 0.25) is 5.91 Å². The molecule has 2 saturated heterocycles. The van der Waals surface area contributed by atoms with Gasteiger partial charge in [0.1, 0.15) is 0 Å². The van der Waals surface area contributed by atoms with Crippen molar-refractivity contribution in [2.45, 2.75) is 38.1 Å². The minimum Gasteiger partial charge on any atom is -0.385 e. The summed E-state index contributed by atoms with van der Waals surface area (Å²) in [7, 11) is 1.76. The van der Waals surface area contributed by atoms with Gasteiger partial charge in [0.05, 0.1) is 6.04 Å². The average molecular weight is 280 g/mol. The molecule has 1 unspecified atom stereocenters. The van der Waals surface area contributed by atoms with Crippen molar-refractivity contribution in [1.29, 1.82) is 0 Å². The molecule has 114 valence electrons. The van der Waals surface area contributed by atoms with Crippen molar-refractivity contribution >= 4 is 5.91 Å². The van der Waals surface area contributed by atoms with E-state index in [9.17, 15) is 4.79 Å². The summed E-state index contributed by atoms with van der Waals surface area (Å²) >= 11 is 0. The number of amides is 1. The molecule has 0 radical (unpaired) electrons. The van der Waals surface area contributed by atoms with Crippen molar-refractivity contribution in [2.24, 2.45) is 5.92 Å². The van der Waals surface area contributed by atoms with Crippen molar-refractivity contribution < 1.29 is 9.53 Å². The lowest BCUT2D eigenvalue weighted by molar-refractivity contribution is -0.137. The molecule has 0 saturated carbocycles. The Morgan fingerprint density at radius 2 is 2.05 bits per heavy atom. The van der Waals surface area contributed by atoms with E-state index in [1.807, 2.05) is 6.08 Å². The van der Waals surface area contributed by atoms with E-state index in [1.54, 1.807) is 7.11 Å². The van der Waals surface area contributed by atoms with E-state index in [2.05, 4.69) is 16.4 Å². The Balaban J connectivity index is 1.80. The van der Waals surface area contributed by atoms with Crippen LogP contribution in [-0.4, -0.2) is 61.6 Å². The quantitative estimate of drug-likeness (QED) is 0.697. The molecule has 2 heterocycles. The van der Waals surface area contributed by atoms with Crippen LogP contribution >= 0.6 is 0 Å². The van der Waals surface area contributed by atoms with Crippen molar-refractivity contribution in [3.63, 3.8) is 0 Å². The first-order chi connectivity index (χ1) is 9.76. The van der Waals surface area contributed by atoms with Crippen molar-refractivity contribution in [3.8, 4) is 0 Å². The van der Waals surface area contributed by atoms with Gasteiger partial charge >= 0.3 is 0 Å². The Labute approximate surface area is 122 Å². The number of methoxy groups -OCH3 is 1. The summed E-state index contributed by atoms with van der Waals surface area (Å²) in [5, 5.41) is 0. The molecule has 20 heavy (non-hydrogen) atoms. The van der Waals surface area contributed by atoms with E-state index < -0.39 is 0 Å². The molecule has 2 aliphatic heterocycles. The molecule has 4 heteroatoms. The maximum Gasteiger partial charge on any atom is 0.239 e. The number of nitrogens with zero attached hydrogens (tertiary/aromatic N) is 2. The molecule has 0 bridgehead atoms. The van der Waals surface area contributed by atoms with Crippen LogP contribution in [0.15, 0.2) is 12.7 Å². The number of piperidine rings is 1. The van der Waals surface area contributed by atoms with Crippen LogP contribution in [0.5, 0.6) is 0 Å². The molecule has 0 aromatic rings. The number of likely N-dealkylation sites (tertiary alicyclic amines) is 2. The van der Waals surface area contributed by atoms with Gasteiger partial charge in [-0.25, -0.2) is 0 Å². The van der Waals surface area contributed by atoms with Gasteiger partial charge in [-0.1, -0.05) is 6.08 Å². The highest BCUT2D eigenvalue weighted by Crippen LogP contribution is 2.24. The summed E-state index contributed by atoms with van der Waals surface area (Å²) < 4.78 is 5.14. The topological polar surface area (TPSA) is 32.8 Å². The van der Waals surface area contributed by atoms with E-state index in [0.717, 1.165) is 70.8 Å². The van der Waals surface area contributed by atoms with Gasteiger partial charge in [0.25, 0.3) is 0 Å². The predicted octanol–water partition coefficient (Wildman–Crippen LogP) is 1.91. The first-order valence-electron chi connectivity index (χ1n) is 7.89. The molecule has 1 atom stereocenters. The fraction of sp³-hybridized carbons (Fsp3) is 0.812. The summed E-state index contributed by atoms with van der Waals surface area (Å²) in [6.45, 7) is 8.35. The lowest BCUT2D eigenvalue weighted by Crippen LogP contribution is -2.48. The fourth-order valence-electron chi connectivity index (χ4n) is 3.43. The summed E-state index contributed by atoms with van der Waals surface area (Å²) in [5.41, 5.74) is 0. The maximum absolute atomic E-state index is 12.6. The Kier molecular flexibility index (Phi) is 6.05. The van der Waals surface area contributed by atoms with Gasteiger partial charge < -0.3 is 9.64 Å². The molecule has 0 aromatic heterocycles. The van der Waals surface area contributed by atoms with Crippen LogP contribution in [0.2, 0.25) is 0 Å². The molecule has 2 aliphatic rings. The van der Waals surface area contributed by atoms with Crippen molar-refractivity contribution in [2.75, 3.05) is 39.9 Å². The smallest absolute Gasteiger partial charge is 0.239 e. The van der Waals surface area contributed by atoms with E-state index in [4.69, 9.17) is 4.74 Å². The third kappa shape index (κ3) is 3.83. The normalized spacial score (nSPS) is 25.1. The summed E-state index contributed by atoms with van der Waals surface area (Å²) in [6.07, 6.45) is 7.44. The van der Waals surface area contributed by atoms with E-state index in [0.29, 0.717) is 5.91 Å². The molecular formula is C16H28N2O2. The van der Waals surface area contributed by atoms with Gasteiger partial charge in [-0.3, -0.25) is 9.69 Å². The molecule has 0 aliphatic carbocycles. The van der Waals surface area contributed by atoms with Gasteiger partial charge in [-0.15, -0.1) is 6.58 Å². The first kappa shape index (κ1) is 15.5. The van der Waals surface area contributed by atoms with E-state index >= 15 is 0 Å². The summed E-state index contributed by atoms with van der Waals surface area (Å²) in [4.78, 5) is 17.0. The minimum absolute atomic E-state index is 0.100. The fourth-order valence-corrected chi connectivity index (χ4v) is 3.43. The third-order valence-corrected chi connectivity index (χ3v) is 4.67. The maximum atomic E-state index is 12.6. The van der Waals surface area contributed by atoms with E-state index in [-0.39, 0.29) is 6.04 Å². The standard InChI is InChI=1S/C16H28N2O2/c1-3-9-17-10-4-5-15(17)16(19)18-11-6-14(7-12-18)8-13-20-2/h3,14-15H,1,4-13H2,2H3. The van der Waals surface area contributed by atoms with Gasteiger partial charge in [0, 0.05) is 33.4 Å². The van der Waals surface area contributed by atoms with Gasteiger partial charge in [-0.2, -0.15) is 0 Å². The molecule has 0 aromatic carbocycles. The van der Waals surface area contributed by atoms with Crippen LogP contribution in [0.3, 0.4) is 0 Å². The molecule has 2 rings (SSSR count). The van der Waals surface area contributed by atoms with Crippen LogP contribution in [0.1, 0.15) is 32.1 Å². The van der Waals surface area contributed by atoms with Crippen LogP contribution in [0, 0.1) is 5.92 Å². The number of ether oxygens (including phenoxy) is 1.